The van der Waals surface area contributed by atoms with Gasteiger partial charge in [0.1, 0.15) is 11.2 Å². The lowest BCUT2D eigenvalue weighted by atomic mass is 9.95. The van der Waals surface area contributed by atoms with Crippen LogP contribution in [-0.2, 0) is 11.3 Å². The van der Waals surface area contributed by atoms with Crippen LogP contribution in [0, 0.1) is 0 Å². The van der Waals surface area contributed by atoms with Gasteiger partial charge in [-0.15, -0.1) is 0 Å². The molecule has 2 heterocycles. The van der Waals surface area contributed by atoms with E-state index in [1.165, 1.54) is 28.5 Å². The molecule has 9 nitrogen and oxygen atoms in total. The summed E-state index contributed by atoms with van der Waals surface area (Å²) in [6.45, 7) is 9.68. The Morgan fingerprint density at radius 2 is 1.85 bits per heavy atom. The molecule has 1 saturated carbocycles. The maximum Gasteiger partial charge on any atom is 0.272 e. The molecular weight excluding hydrogens is 420 g/mol. The third-order valence-electron chi connectivity index (χ3n) is 7.24. The van der Waals surface area contributed by atoms with Gasteiger partial charge in [0.2, 0.25) is 5.91 Å². The summed E-state index contributed by atoms with van der Waals surface area (Å²) in [5, 5.41) is 10.5. The van der Waals surface area contributed by atoms with Gasteiger partial charge in [-0.05, 0) is 45.8 Å². The van der Waals surface area contributed by atoms with Crippen LogP contribution in [-0.4, -0.2) is 82.1 Å². The lowest BCUT2D eigenvalue weighted by Gasteiger charge is -2.41. The number of hydrogen-bond acceptors (Lipinski definition) is 5. The molecule has 1 fully saturated rings. The van der Waals surface area contributed by atoms with E-state index in [1.54, 1.807) is 14.0 Å². The Hall–Kier alpha value is -2.42. The maximum atomic E-state index is 13.3. The molecule has 184 valence electrons. The molecule has 9 heteroatoms. The summed E-state index contributed by atoms with van der Waals surface area (Å²) in [5.41, 5.74) is -0.506. The maximum absolute atomic E-state index is 13.3. The van der Waals surface area contributed by atoms with Crippen molar-refractivity contribution in [3.05, 3.63) is 17.5 Å². The van der Waals surface area contributed by atoms with E-state index < -0.39 is 5.54 Å². The second-order valence-corrected chi connectivity index (χ2v) is 9.51. The largest absolute Gasteiger partial charge is 0.351 e. The minimum absolute atomic E-state index is 0.150. The van der Waals surface area contributed by atoms with Crippen LogP contribution >= 0.6 is 0 Å². The van der Waals surface area contributed by atoms with Crippen molar-refractivity contribution in [1.82, 2.24) is 30.2 Å². The number of amides is 3. The van der Waals surface area contributed by atoms with Gasteiger partial charge in [0.25, 0.3) is 11.8 Å². The fourth-order valence-electron chi connectivity index (χ4n) is 4.74. The summed E-state index contributed by atoms with van der Waals surface area (Å²) in [6.07, 6.45) is 7.45. The minimum Gasteiger partial charge on any atom is -0.351 e. The first kappa shape index (κ1) is 25.2. The molecule has 1 atom stereocenters. The van der Waals surface area contributed by atoms with Gasteiger partial charge in [0.05, 0.1) is 6.54 Å². The first-order valence-corrected chi connectivity index (χ1v) is 12.5. The molecule has 0 aromatic carbocycles. The molecule has 0 radical (unpaired) electrons. The average molecular weight is 461 g/mol. The van der Waals surface area contributed by atoms with Crippen molar-refractivity contribution in [2.75, 3.05) is 33.2 Å². The van der Waals surface area contributed by atoms with Crippen LogP contribution in [0.2, 0.25) is 0 Å². The van der Waals surface area contributed by atoms with E-state index in [9.17, 15) is 14.4 Å². The number of hydrogen-bond donors (Lipinski definition) is 2. The monoisotopic (exact) mass is 460 g/mol. The van der Waals surface area contributed by atoms with Crippen LogP contribution in [0.3, 0.4) is 0 Å². The van der Waals surface area contributed by atoms with E-state index in [4.69, 9.17) is 0 Å². The van der Waals surface area contributed by atoms with Gasteiger partial charge in [-0.3, -0.25) is 19.1 Å². The van der Waals surface area contributed by atoms with Gasteiger partial charge in [-0.1, -0.05) is 39.5 Å². The highest BCUT2D eigenvalue weighted by molar-refractivity contribution is 6.01. The summed E-state index contributed by atoms with van der Waals surface area (Å²) < 4.78 is 1.51. The number of aromatic nitrogens is 2. The van der Waals surface area contributed by atoms with E-state index in [0.717, 1.165) is 51.7 Å². The third kappa shape index (κ3) is 5.75. The Morgan fingerprint density at radius 1 is 1.18 bits per heavy atom. The van der Waals surface area contributed by atoms with E-state index in [2.05, 4.69) is 34.5 Å². The van der Waals surface area contributed by atoms with Crippen molar-refractivity contribution in [2.24, 2.45) is 0 Å². The molecule has 0 bridgehead atoms. The van der Waals surface area contributed by atoms with Crippen molar-refractivity contribution >= 4 is 17.7 Å². The topological polar surface area (TPSA) is 99.6 Å². The molecule has 3 amide bonds. The van der Waals surface area contributed by atoms with Gasteiger partial charge in [-0.2, -0.15) is 5.10 Å². The SMILES string of the molecule is CCN(CC)CCCNC(=O)c1cc2n(n1)C[C@](C)(C(=O)NC1CCCCCC1)N(C)C2=O. The van der Waals surface area contributed by atoms with Crippen molar-refractivity contribution in [2.45, 2.75) is 83.8 Å². The van der Waals surface area contributed by atoms with Crippen molar-refractivity contribution in [1.29, 1.82) is 0 Å². The highest BCUT2D eigenvalue weighted by Crippen LogP contribution is 2.27. The Morgan fingerprint density at radius 3 is 2.48 bits per heavy atom. The number of carbonyl (C=O) groups is 3. The number of fused-ring (bicyclic) bond motifs is 1. The highest BCUT2D eigenvalue weighted by Gasteiger charge is 2.46. The lowest BCUT2D eigenvalue weighted by Crippen LogP contribution is -2.63. The van der Waals surface area contributed by atoms with Crippen molar-refractivity contribution in [3.63, 3.8) is 0 Å². The second-order valence-electron chi connectivity index (χ2n) is 9.51. The van der Waals surface area contributed by atoms with Crippen LogP contribution in [0.4, 0.5) is 0 Å². The van der Waals surface area contributed by atoms with Crippen LogP contribution in [0.15, 0.2) is 6.07 Å². The molecule has 33 heavy (non-hydrogen) atoms. The number of nitrogens with one attached hydrogen (secondary N) is 2. The zero-order valence-electron chi connectivity index (χ0n) is 20.7. The summed E-state index contributed by atoms with van der Waals surface area (Å²) in [4.78, 5) is 42.7. The Labute approximate surface area is 197 Å². The molecule has 1 aliphatic carbocycles. The zero-order valence-corrected chi connectivity index (χ0v) is 20.7. The fraction of sp³-hybridized carbons (Fsp3) is 0.750. The van der Waals surface area contributed by atoms with Crippen molar-refractivity contribution in [3.8, 4) is 0 Å². The molecule has 1 aromatic heterocycles. The smallest absolute Gasteiger partial charge is 0.272 e. The van der Waals surface area contributed by atoms with Crippen molar-refractivity contribution < 1.29 is 14.4 Å². The molecule has 0 unspecified atom stereocenters. The molecule has 0 saturated heterocycles. The molecule has 2 aliphatic rings. The number of rotatable bonds is 9. The van der Waals surface area contributed by atoms with E-state index in [0.29, 0.717) is 12.2 Å². The molecule has 1 aliphatic heterocycles. The zero-order chi connectivity index (χ0) is 24.0. The number of likely N-dealkylation sites (N-methyl/N-ethyl adjacent to an activating group) is 1. The Bertz CT molecular complexity index is 841. The van der Waals surface area contributed by atoms with E-state index in [1.807, 2.05) is 0 Å². The molecule has 1 aromatic rings. The average Bonchev–Trinajstić information content (AvgIpc) is 3.06. The summed E-state index contributed by atoms with van der Waals surface area (Å²) in [6, 6.07) is 1.68. The van der Waals surface area contributed by atoms with E-state index >= 15 is 0 Å². The van der Waals surface area contributed by atoms with Crippen LogP contribution in [0.5, 0.6) is 0 Å². The van der Waals surface area contributed by atoms with Gasteiger partial charge < -0.3 is 20.4 Å². The van der Waals surface area contributed by atoms with Gasteiger partial charge >= 0.3 is 0 Å². The first-order valence-electron chi connectivity index (χ1n) is 12.5. The summed E-state index contributed by atoms with van der Waals surface area (Å²) in [7, 11) is 1.65. The first-order chi connectivity index (χ1) is 15.8. The van der Waals surface area contributed by atoms with E-state index in [-0.39, 0.29) is 36.0 Å². The standard InChI is InChI=1S/C24H40N6O3/c1-5-29(6-2)15-11-14-25-21(31)19-16-20-22(32)28(4)24(3,17-30(20)27-19)23(33)26-18-12-9-7-8-10-13-18/h16,18H,5-15,17H2,1-4H3,(H,25,31)(H,26,33)/t24-/m1/s1. The van der Waals surface area contributed by atoms with Gasteiger partial charge in [-0.25, -0.2) is 0 Å². The predicted octanol–water partition coefficient (Wildman–Crippen LogP) is 2.03. The fourth-order valence-corrected chi connectivity index (χ4v) is 4.74. The highest BCUT2D eigenvalue weighted by atomic mass is 16.2. The summed E-state index contributed by atoms with van der Waals surface area (Å²) in [5.74, 6) is -0.752. The van der Waals surface area contributed by atoms with Gasteiger partial charge in [0.15, 0.2) is 5.69 Å². The minimum atomic E-state index is -1.06. The predicted molar refractivity (Wildman–Crippen MR) is 127 cm³/mol. The summed E-state index contributed by atoms with van der Waals surface area (Å²) >= 11 is 0. The Balaban J connectivity index is 1.64. The molecule has 3 rings (SSSR count). The van der Waals surface area contributed by atoms with Crippen LogP contribution in [0.1, 0.15) is 86.7 Å². The second kappa shape index (κ2) is 11.1. The molecule has 2 N–H and O–H groups in total. The van der Waals surface area contributed by atoms with Crippen LogP contribution in [0.25, 0.3) is 0 Å². The lowest BCUT2D eigenvalue weighted by molar-refractivity contribution is -0.133. The number of nitrogens with zero attached hydrogens (tertiary/aromatic N) is 4. The third-order valence-corrected chi connectivity index (χ3v) is 7.24. The quantitative estimate of drug-likeness (QED) is 0.434. The molecular formula is C24H40N6O3. The Kier molecular flexibility index (Phi) is 8.51. The van der Waals surface area contributed by atoms with Crippen LogP contribution < -0.4 is 10.6 Å². The molecule has 0 spiro atoms. The normalized spacial score (nSPS) is 21.6. The number of carbonyl (C=O) groups excluding carboxylic acids is 3. The van der Waals surface area contributed by atoms with Gasteiger partial charge in [0, 0.05) is 25.7 Å².